The predicted molar refractivity (Wildman–Crippen MR) is 138 cm³/mol. The predicted octanol–water partition coefficient (Wildman–Crippen LogP) is 2.95. The topological polar surface area (TPSA) is 98.2 Å². The number of nitrogens with one attached hydrogen (secondary N) is 2. The largest absolute Gasteiger partial charge is 0.493 e. The number of benzene rings is 2. The van der Waals surface area contributed by atoms with E-state index >= 15 is 0 Å². The molecule has 0 radical (unpaired) electrons. The number of halogens is 1. The van der Waals surface area contributed by atoms with Gasteiger partial charge in [-0.15, -0.1) is 24.0 Å². The molecule has 2 aromatic rings. The smallest absolute Gasteiger partial charge is 0.203 e. The van der Waals surface area contributed by atoms with Crippen molar-refractivity contribution in [3.63, 3.8) is 0 Å². The maximum absolute atomic E-state index is 11.8. The highest BCUT2D eigenvalue weighted by Gasteiger charge is 2.15. The third-order valence-electron chi connectivity index (χ3n) is 4.79. The van der Waals surface area contributed by atoms with E-state index in [0.29, 0.717) is 47.6 Å². The molecule has 10 heteroatoms. The number of nitrogens with zero attached hydrogens (tertiary/aromatic N) is 1. The lowest BCUT2D eigenvalue weighted by molar-refractivity contribution is 0.322. The van der Waals surface area contributed by atoms with E-state index in [4.69, 9.17) is 14.2 Å². The van der Waals surface area contributed by atoms with E-state index in [2.05, 4.69) is 15.6 Å². The van der Waals surface area contributed by atoms with Gasteiger partial charge in [0.25, 0.3) is 0 Å². The van der Waals surface area contributed by atoms with E-state index in [9.17, 15) is 8.42 Å². The number of sulfone groups is 1. The van der Waals surface area contributed by atoms with Crippen LogP contribution in [0.1, 0.15) is 16.7 Å². The Morgan fingerprint density at radius 2 is 1.69 bits per heavy atom. The van der Waals surface area contributed by atoms with Gasteiger partial charge in [-0.3, -0.25) is 4.99 Å². The first-order valence-corrected chi connectivity index (χ1v) is 11.7. The first-order valence-electron chi connectivity index (χ1n) is 9.77. The zero-order valence-electron chi connectivity index (χ0n) is 19.3. The fraction of sp³-hybridized carbons (Fsp3) is 0.409. The summed E-state index contributed by atoms with van der Waals surface area (Å²) in [6, 6.07) is 9.11. The Bertz CT molecular complexity index is 1040. The van der Waals surface area contributed by atoms with Gasteiger partial charge in [0.2, 0.25) is 5.75 Å². The lowest BCUT2D eigenvalue weighted by Crippen LogP contribution is -2.37. The highest BCUT2D eigenvalue weighted by molar-refractivity contribution is 14.0. The number of hydrogen-bond acceptors (Lipinski definition) is 6. The first-order chi connectivity index (χ1) is 14.7. The number of ether oxygens (including phenoxy) is 3. The van der Waals surface area contributed by atoms with E-state index < -0.39 is 9.84 Å². The summed E-state index contributed by atoms with van der Waals surface area (Å²) in [5, 5.41) is 6.51. The molecule has 0 saturated carbocycles. The van der Waals surface area contributed by atoms with Gasteiger partial charge >= 0.3 is 0 Å². The minimum absolute atomic E-state index is 0. The van der Waals surface area contributed by atoms with E-state index in [-0.39, 0.29) is 24.0 Å². The van der Waals surface area contributed by atoms with Crippen LogP contribution in [0.2, 0.25) is 0 Å². The van der Waals surface area contributed by atoms with Crippen LogP contribution in [-0.4, -0.2) is 55.6 Å². The minimum atomic E-state index is -3.22. The molecule has 0 bridgehead atoms. The molecule has 0 spiro atoms. The number of aliphatic imine (C=N–C) groups is 1. The van der Waals surface area contributed by atoms with Crippen LogP contribution in [0.4, 0.5) is 0 Å². The van der Waals surface area contributed by atoms with Gasteiger partial charge in [-0.25, -0.2) is 8.42 Å². The second kappa shape index (κ2) is 12.7. The lowest BCUT2D eigenvalue weighted by atomic mass is 10.1. The van der Waals surface area contributed by atoms with Crippen LogP contribution in [0.3, 0.4) is 0 Å². The Morgan fingerprint density at radius 3 is 2.22 bits per heavy atom. The molecular weight excluding hydrogens is 545 g/mol. The summed E-state index contributed by atoms with van der Waals surface area (Å²) in [6.45, 7) is 2.94. The van der Waals surface area contributed by atoms with E-state index in [1.54, 1.807) is 47.4 Å². The maximum atomic E-state index is 11.8. The third-order valence-corrected chi connectivity index (χ3v) is 6.05. The van der Waals surface area contributed by atoms with Crippen LogP contribution in [0.5, 0.6) is 17.2 Å². The Hall–Kier alpha value is -2.21. The molecule has 32 heavy (non-hydrogen) atoms. The molecule has 0 aliphatic carbocycles. The van der Waals surface area contributed by atoms with E-state index in [1.807, 2.05) is 18.2 Å². The molecule has 0 aliphatic heterocycles. The Labute approximate surface area is 207 Å². The van der Waals surface area contributed by atoms with E-state index in [1.165, 1.54) is 6.26 Å². The van der Waals surface area contributed by atoms with Crippen LogP contribution in [0, 0.1) is 6.92 Å². The quantitative estimate of drug-likeness (QED) is 0.269. The molecule has 0 amide bonds. The van der Waals surface area contributed by atoms with Gasteiger partial charge in [-0.2, -0.15) is 0 Å². The van der Waals surface area contributed by atoms with Crippen molar-refractivity contribution in [1.29, 1.82) is 0 Å². The molecule has 0 fully saturated rings. The van der Waals surface area contributed by atoms with Crippen molar-refractivity contribution in [2.45, 2.75) is 24.8 Å². The van der Waals surface area contributed by atoms with Crippen molar-refractivity contribution >= 4 is 39.8 Å². The molecule has 2 N–H and O–H groups in total. The average molecular weight is 577 g/mol. The molecular formula is C22H32IN3O5S. The summed E-state index contributed by atoms with van der Waals surface area (Å²) in [4.78, 5) is 4.59. The summed E-state index contributed by atoms with van der Waals surface area (Å²) in [7, 11) is 3.25. The Kier molecular flexibility index (Phi) is 11.1. The second-order valence-corrected chi connectivity index (χ2v) is 8.95. The van der Waals surface area contributed by atoms with Crippen molar-refractivity contribution in [2.75, 3.05) is 41.2 Å². The van der Waals surface area contributed by atoms with Crippen LogP contribution < -0.4 is 24.8 Å². The molecule has 0 atom stereocenters. The highest BCUT2D eigenvalue weighted by Crippen LogP contribution is 2.39. The normalized spacial score (nSPS) is 11.4. The van der Waals surface area contributed by atoms with Crippen LogP contribution in [0.25, 0.3) is 0 Å². The summed E-state index contributed by atoms with van der Waals surface area (Å²) in [5.74, 6) is 2.47. The standard InChI is InChI=1S/C22H31N3O5S.HI/c1-15-13-16(7-10-19(15)31(6,26)27)14-25-22(23-2)24-12-11-17-8-9-18(28-3)21(30-5)20(17)29-4;/h7-10,13H,11-12,14H2,1-6H3,(H2,23,24,25);1H. The van der Waals surface area contributed by atoms with Gasteiger partial charge < -0.3 is 24.8 Å². The van der Waals surface area contributed by atoms with Gasteiger partial charge in [0.05, 0.1) is 26.2 Å². The molecule has 0 aromatic heterocycles. The Balaban J connectivity index is 0.00000512. The number of aryl methyl sites for hydroxylation is 1. The molecule has 8 nitrogen and oxygen atoms in total. The van der Waals surface area contributed by atoms with Gasteiger partial charge in [-0.05, 0) is 36.6 Å². The minimum Gasteiger partial charge on any atom is -0.493 e. The van der Waals surface area contributed by atoms with Gasteiger partial charge in [0.15, 0.2) is 27.3 Å². The van der Waals surface area contributed by atoms with Crippen molar-refractivity contribution in [2.24, 2.45) is 4.99 Å². The number of hydrogen-bond donors (Lipinski definition) is 2. The van der Waals surface area contributed by atoms with Gasteiger partial charge in [0, 0.05) is 32.0 Å². The summed E-state index contributed by atoms with van der Waals surface area (Å²) in [5.41, 5.74) is 2.68. The van der Waals surface area contributed by atoms with Crippen molar-refractivity contribution in [1.82, 2.24) is 10.6 Å². The second-order valence-electron chi connectivity index (χ2n) is 6.97. The lowest BCUT2D eigenvalue weighted by Gasteiger charge is -2.17. The van der Waals surface area contributed by atoms with Crippen molar-refractivity contribution in [3.8, 4) is 17.2 Å². The van der Waals surface area contributed by atoms with Gasteiger partial charge in [-0.1, -0.05) is 18.2 Å². The highest BCUT2D eigenvalue weighted by atomic mass is 127. The summed E-state index contributed by atoms with van der Waals surface area (Å²) >= 11 is 0. The maximum Gasteiger partial charge on any atom is 0.203 e. The third kappa shape index (κ3) is 7.16. The van der Waals surface area contributed by atoms with Gasteiger partial charge in [0.1, 0.15) is 0 Å². The van der Waals surface area contributed by atoms with Crippen molar-refractivity contribution < 1.29 is 22.6 Å². The zero-order valence-corrected chi connectivity index (χ0v) is 22.5. The monoisotopic (exact) mass is 577 g/mol. The van der Waals surface area contributed by atoms with Crippen LogP contribution in [-0.2, 0) is 22.8 Å². The molecule has 0 unspecified atom stereocenters. The number of methoxy groups -OCH3 is 3. The average Bonchev–Trinajstić information content (AvgIpc) is 2.74. The summed E-state index contributed by atoms with van der Waals surface area (Å²) in [6.07, 6.45) is 1.90. The molecule has 178 valence electrons. The SMILES string of the molecule is CN=C(NCCc1ccc(OC)c(OC)c1OC)NCc1ccc(S(C)(=O)=O)c(C)c1.I. The molecule has 0 saturated heterocycles. The molecule has 2 aromatic carbocycles. The molecule has 2 rings (SSSR count). The zero-order chi connectivity index (χ0) is 23.0. The first kappa shape index (κ1) is 27.8. The molecule has 0 aliphatic rings. The van der Waals surface area contributed by atoms with Crippen LogP contribution >= 0.6 is 24.0 Å². The fourth-order valence-electron chi connectivity index (χ4n) is 3.32. The Morgan fingerprint density at radius 1 is 1.00 bits per heavy atom. The summed E-state index contributed by atoms with van der Waals surface area (Å²) < 4.78 is 39.8. The number of rotatable bonds is 9. The molecule has 0 heterocycles. The fourth-order valence-corrected chi connectivity index (χ4v) is 4.28. The van der Waals surface area contributed by atoms with Crippen LogP contribution in [0.15, 0.2) is 40.2 Å². The van der Waals surface area contributed by atoms with E-state index in [0.717, 1.165) is 16.7 Å². The number of guanidine groups is 1. The van der Waals surface area contributed by atoms with Crippen molar-refractivity contribution in [3.05, 3.63) is 47.0 Å².